The van der Waals surface area contributed by atoms with Gasteiger partial charge in [-0.05, 0) is 18.4 Å². The Morgan fingerprint density at radius 2 is 1.71 bits per heavy atom. The smallest absolute Gasteiger partial charge is 0.407 e. The van der Waals surface area contributed by atoms with Crippen molar-refractivity contribution in [2.45, 2.75) is 45.1 Å². The first-order valence-electron chi connectivity index (χ1n) is 8.54. The van der Waals surface area contributed by atoms with Gasteiger partial charge < -0.3 is 15.4 Å². The number of nitrogens with one attached hydrogen (secondary N) is 2. The lowest BCUT2D eigenvalue weighted by Crippen LogP contribution is -2.25. The molecule has 1 aromatic rings. The predicted molar refractivity (Wildman–Crippen MR) is 95.5 cm³/mol. The molecule has 2 amide bonds. The molecule has 0 saturated heterocycles. The van der Waals surface area contributed by atoms with E-state index >= 15 is 0 Å². The SMILES string of the molecule is C=CCNC(=O)CCCCCCCNC(=O)OCc1ccccc1. The lowest BCUT2D eigenvalue weighted by atomic mass is 10.1. The predicted octanol–water partition coefficient (Wildman–Crippen LogP) is 3.56. The lowest BCUT2D eigenvalue weighted by Gasteiger charge is -2.07. The quantitative estimate of drug-likeness (QED) is 0.454. The van der Waals surface area contributed by atoms with Crippen LogP contribution in [0.5, 0.6) is 0 Å². The summed E-state index contributed by atoms with van der Waals surface area (Å²) in [5.74, 6) is 0.0812. The van der Waals surface area contributed by atoms with Crippen LogP contribution in [0.25, 0.3) is 0 Å². The number of hydrogen-bond donors (Lipinski definition) is 2. The Kier molecular flexibility index (Phi) is 10.8. The van der Waals surface area contributed by atoms with Gasteiger partial charge in [0.05, 0.1) is 0 Å². The van der Waals surface area contributed by atoms with E-state index in [1.807, 2.05) is 30.3 Å². The molecule has 5 nitrogen and oxygen atoms in total. The van der Waals surface area contributed by atoms with Crippen molar-refractivity contribution < 1.29 is 14.3 Å². The van der Waals surface area contributed by atoms with E-state index in [1.54, 1.807) is 6.08 Å². The highest BCUT2D eigenvalue weighted by Crippen LogP contribution is 2.05. The Morgan fingerprint density at radius 1 is 1.00 bits per heavy atom. The van der Waals surface area contributed by atoms with Crippen molar-refractivity contribution in [3.05, 3.63) is 48.6 Å². The summed E-state index contributed by atoms with van der Waals surface area (Å²) >= 11 is 0. The van der Waals surface area contributed by atoms with E-state index < -0.39 is 0 Å². The van der Waals surface area contributed by atoms with Crippen LogP contribution in [0.2, 0.25) is 0 Å². The number of benzene rings is 1. The topological polar surface area (TPSA) is 67.4 Å². The van der Waals surface area contributed by atoms with Gasteiger partial charge in [-0.25, -0.2) is 4.79 Å². The molecule has 24 heavy (non-hydrogen) atoms. The molecule has 132 valence electrons. The minimum absolute atomic E-state index is 0.0812. The third-order valence-electron chi connectivity index (χ3n) is 3.51. The standard InChI is InChI=1S/C19H28N2O3/c1-2-14-20-18(22)13-9-4-3-5-10-15-21-19(23)24-16-17-11-7-6-8-12-17/h2,6-8,11-12H,1,3-5,9-10,13-16H2,(H,20,22)(H,21,23). The molecule has 0 aliphatic carbocycles. The minimum Gasteiger partial charge on any atom is -0.445 e. The molecule has 0 aliphatic rings. The number of carbonyl (C=O) groups is 2. The molecule has 0 saturated carbocycles. The Hall–Kier alpha value is -2.30. The molecule has 2 N–H and O–H groups in total. The van der Waals surface area contributed by atoms with Crippen LogP contribution in [0.3, 0.4) is 0 Å². The van der Waals surface area contributed by atoms with Crippen LogP contribution < -0.4 is 10.6 Å². The van der Waals surface area contributed by atoms with E-state index in [2.05, 4.69) is 17.2 Å². The average Bonchev–Trinajstić information content (AvgIpc) is 2.61. The van der Waals surface area contributed by atoms with Crippen molar-refractivity contribution in [2.75, 3.05) is 13.1 Å². The van der Waals surface area contributed by atoms with Gasteiger partial charge in [-0.1, -0.05) is 55.7 Å². The van der Waals surface area contributed by atoms with Gasteiger partial charge >= 0.3 is 6.09 Å². The maximum absolute atomic E-state index is 11.5. The number of amides is 2. The summed E-state index contributed by atoms with van der Waals surface area (Å²) < 4.78 is 5.13. The molecule has 0 spiro atoms. The maximum Gasteiger partial charge on any atom is 0.407 e. The second-order valence-electron chi connectivity index (χ2n) is 5.60. The third kappa shape index (κ3) is 10.4. The number of unbranched alkanes of at least 4 members (excludes halogenated alkanes) is 4. The zero-order valence-corrected chi connectivity index (χ0v) is 14.3. The number of carbonyl (C=O) groups excluding carboxylic acids is 2. The summed E-state index contributed by atoms with van der Waals surface area (Å²) in [6, 6.07) is 9.60. The van der Waals surface area contributed by atoms with Gasteiger partial charge in [0, 0.05) is 19.5 Å². The van der Waals surface area contributed by atoms with Crippen LogP contribution >= 0.6 is 0 Å². The van der Waals surface area contributed by atoms with E-state index in [4.69, 9.17) is 4.74 Å². The zero-order chi connectivity index (χ0) is 17.5. The summed E-state index contributed by atoms with van der Waals surface area (Å²) in [6.07, 6.45) is 6.81. The van der Waals surface area contributed by atoms with Crippen molar-refractivity contribution in [2.24, 2.45) is 0 Å². The highest BCUT2D eigenvalue weighted by molar-refractivity contribution is 5.75. The molecule has 0 aromatic heterocycles. The largest absolute Gasteiger partial charge is 0.445 e. The summed E-state index contributed by atoms with van der Waals surface area (Å²) in [7, 11) is 0. The molecule has 1 rings (SSSR count). The highest BCUT2D eigenvalue weighted by Gasteiger charge is 2.02. The van der Waals surface area contributed by atoms with Gasteiger partial charge in [0.2, 0.25) is 5.91 Å². The monoisotopic (exact) mass is 332 g/mol. The van der Waals surface area contributed by atoms with E-state index in [9.17, 15) is 9.59 Å². The van der Waals surface area contributed by atoms with Crippen molar-refractivity contribution >= 4 is 12.0 Å². The second-order valence-corrected chi connectivity index (χ2v) is 5.60. The minimum atomic E-state index is -0.377. The number of hydrogen-bond acceptors (Lipinski definition) is 3. The molecular formula is C19H28N2O3. The normalized spacial score (nSPS) is 10.0. The molecular weight excluding hydrogens is 304 g/mol. The number of alkyl carbamates (subject to hydrolysis) is 1. The van der Waals surface area contributed by atoms with E-state index in [-0.39, 0.29) is 12.0 Å². The van der Waals surface area contributed by atoms with Crippen molar-refractivity contribution in [3.8, 4) is 0 Å². The van der Waals surface area contributed by atoms with E-state index in [1.165, 1.54) is 0 Å². The molecule has 0 aliphatic heterocycles. The lowest BCUT2D eigenvalue weighted by molar-refractivity contribution is -0.121. The first-order chi connectivity index (χ1) is 11.7. The molecule has 5 heteroatoms. The van der Waals surface area contributed by atoms with Crippen LogP contribution in [0.4, 0.5) is 4.79 Å². The Balaban J connectivity index is 1.90. The van der Waals surface area contributed by atoms with Gasteiger partial charge in [0.1, 0.15) is 6.61 Å². The molecule has 1 aromatic carbocycles. The fourth-order valence-corrected chi connectivity index (χ4v) is 2.18. The van der Waals surface area contributed by atoms with Crippen LogP contribution in [0.1, 0.15) is 44.1 Å². The van der Waals surface area contributed by atoms with Gasteiger partial charge in [0.25, 0.3) is 0 Å². The molecule has 0 unspecified atom stereocenters. The summed E-state index contributed by atoms with van der Waals surface area (Å²) in [5, 5.41) is 5.51. The Morgan fingerprint density at radius 3 is 2.46 bits per heavy atom. The van der Waals surface area contributed by atoms with Crippen molar-refractivity contribution in [1.82, 2.24) is 10.6 Å². The first kappa shape index (κ1) is 19.7. The fraction of sp³-hybridized carbons (Fsp3) is 0.474. The third-order valence-corrected chi connectivity index (χ3v) is 3.51. The van der Waals surface area contributed by atoms with Crippen LogP contribution in [0.15, 0.2) is 43.0 Å². The second kappa shape index (κ2) is 13.2. The number of rotatable bonds is 12. The van der Waals surface area contributed by atoms with Gasteiger partial charge in [0.15, 0.2) is 0 Å². The molecule has 0 atom stereocenters. The Bertz CT molecular complexity index is 489. The van der Waals surface area contributed by atoms with Crippen LogP contribution in [-0.4, -0.2) is 25.1 Å². The number of ether oxygens (including phenoxy) is 1. The van der Waals surface area contributed by atoms with Gasteiger partial charge in [-0.2, -0.15) is 0 Å². The van der Waals surface area contributed by atoms with E-state index in [0.29, 0.717) is 26.1 Å². The zero-order valence-electron chi connectivity index (χ0n) is 14.3. The van der Waals surface area contributed by atoms with Crippen LogP contribution in [-0.2, 0) is 16.1 Å². The van der Waals surface area contributed by atoms with E-state index in [0.717, 1.165) is 37.7 Å². The average molecular weight is 332 g/mol. The Labute approximate surface area is 144 Å². The van der Waals surface area contributed by atoms with Gasteiger partial charge in [-0.15, -0.1) is 6.58 Å². The molecule has 0 fully saturated rings. The van der Waals surface area contributed by atoms with Crippen molar-refractivity contribution in [1.29, 1.82) is 0 Å². The van der Waals surface area contributed by atoms with Gasteiger partial charge in [-0.3, -0.25) is 4.79 Å². The summed E-state index contributed by atoms with van der Waals surface area (Å²) in [6.45, 7) is 5.00. The summed E-state index contributed by atoms with van der Waals surface area (Å²) in [4.78, 5) is 22.9. The fourth-order valence-electron chi connectivity index (χ4n) is 2.18. The summed E-state index contributed by atoms with van der Waals surface area (Å²) in [5.41, 5.74) is 0.977. The molecule has 0 radical (unpaired) electrons. The molecule has 0 heterocycles. The molecule has 0 bridgehead atoms. The highest BCUT2D eigenvalue weighted by atomic mass is 16.5. The van der Waals surface area contributed by atoms with Crippen LogP contribution in [0, 0.1) is 0 Å². The maximum atomic E-state index is 11.5. The van der Waals surface area contributed by atoms with Crippen molar-refractivity contribution in [3.63, 3.8) is 0 Å². The first-order valence-corrected chi connectivity index (χ1v) is 8.54.